The lowest BCUT2D eigenvalue weighted by Crippen LogP contribution is -2.47. The lowest BCUT2D eigenvalue weighted by atomic mass is 10.1. The summed E-state index contributed by atoms with van der Waals surface area (Å²) in [7, 11) is 0. The number of alkyl carbamates (subject to hydrolysis) is 1. The SMILES string of the molecule is CC(C)N(O)Cc1csc(-c2csc(CC(NC(=O)OC(C)(C)C)C(=O)OC(C)(C)C)n2)n1. The molecule has 2 aromatic rings. The molecule has 1 atom stereocenters. The zero-order valence-corrected chi connectivity index (χ0v) is 22.1. The van der Waals surface area contributed by atoms with Gasteiger partial charge in [0, 0.05) is 23.2 Å². The Labute approximate surface area is 203 Å². The largest absolute Gasteiger partial charge is 0.458 e. The standard InChI is InChI=1S/C22H34N4O5S2/c1-13(2)26(29)10-14-11-33-18(23-14)16-12-32-17(24-16)9-15(19(27)30-21(3,4)5)25-20(28)31-22(6,7)8/h11-13,15,29H,9-10H2,1-8H3,(H,25,28). The third kappa shape index (κ3) is 9.36. The van der Waals surface area contributed by atoms with Gasteiger partial charge in [0.15, 0.2) is 0 Å². The molecule has 0 aliphatic carbocycles. The molecular formula is C22H34N4O5S2. The van der Waals surface area contributed by atoms with Crippen LogP contribution in [0.25, 0.3) is 10.7 Å². The summed E-state index contributed by atoms with van der Waals surface area (Å²) >= 11 is 2.81. The number of hydroxylamine groups is 2. The van der Waals surface area contributed by atoms with Gasteiger partial charge in [-0.1, -0.05) is 0 Å². The second-order valence-corrected chi connectivity index (χ2v) is 11.7. The normalized spacial score (nSPS) is 13.3. The highest BCUT2D eigenvalue weighted by Crippen LogP contribution is 2.27. The maximum absolute atomic E-state index is 12.7. The Kier molecular flexibility index (Phi) is 8.97. The van der Waals surface area contributed by atoms with E-state index in [0.717, 1.165) is 10.7 Å². The Balaban J connectivity index is 2.14. The lowest BCUT2D eigenvalue weighted by Gasteiger charge is -2.25. The summed E-state index contributed by atoms with van der Waals surface area (Å²) in [6.45, 7) is 14.7. The van der Waals surface area contributed by atoms with E-state index in [9.17, 15) is 14.8 Å². The van der Waals surface area contributed by atoms with E-state index in [-0.39, 0.29) is 12.5 Å². The molecule has 2 aromatic heterocycles. The number of nitrogens with zero attached hydrogens (tertiary/aromatic N) is 3. The van der Waals surface area contributed by atoms with Crippen LogP contribution in [-0.2, 0) is 27.2 Å². The Morgan fingerprint density at radius 1 is 1.06 bits per heavy atom. The van der Waals surface area contributed by atoms with E-state index in [1.54, 1.807) is 41.5 Å². The number of carbonyl (C=O) groups excluding carboxylic acids is 2. The number of hydrogen-bond donors (Lipinski definition) is 2. The van der Waals surface area contributed by atoms with E-state index in [4.69, 9.17) is 9.47 Å². The molecule has 0 aliphatic rings. The summed E-state index contributed by atoms with van der Waals surface area (Å²) < 4.78 is 10.8. The van der Waals surface area contributed by atoms with Crippen molar-refractivity contribution in [1.82, 2.24) is 20.3 Å². The second-order valence-electron chi connectivity index (χ2n) is 9.90. The first kappa shape index (κ1) is 27.2. The number of carbonyl (C=O) groups is 2. The van der Waals surface area contributed by atoms with Gasteiger partial charge in [-0.2, -0.15) is 5.06 Å². The van der Waals surface area contributed by atoms with E-state index in [1.165, 1.54) is 27.7 Å². The van der Waals surface area contributed by atoms with Crippen LogP contribution < -0.4 is 5.32 Å². The van der Waals surface area contributed by atoms with Gasteiger partial charge in [0.25, 0.3) is 0 Å². The van der Waals surface area contributed by atoms with Crippen LogP contribution >= 0.6 is 22.7 Å². The van der Waals surface area contributed by atoms with Crippen molar-refractivity contribution in [3.63, 3.8) is 0 Å². The first-order valence-corrected chi connectivity index (χ1v) is 12.5. The number of hydrogen-bond acceptors (Lipinski definition) is 10. The maximum atomic E-state index is 12.7. The smallest absolute Gasteiger partial charge is 0.408 e. The highest BCUT2D eigenvalue weighted by Gasteiger charge is 2.30. The van der Waals surface area contributed by atoms with E-state index >= 15 is 0 Å². The predicted molar refractivity (Wildman–Crippen MR) is 128 cm³/mol. The van der Waals surface area contributed by atoms with Crippen molar-refractivity contribution >= 4 is 34.7 Å². The van der Waals surface area contributed by atoms with Gasteiger partial charge in [-0.15, -0.1) is 22.7 Å². The average Bonchev–Trinajstić information content (AvgIpc) is 3.27. The van der Waals surface area contributed by atoms with Crippen molar-refractivity contribution in [2.75, 3.05) is 0 Å². The van der Waals surface area contributed by atoms with Gasteiger partial charge in [-0.05, 0) is 55.4 Å². The summed E-state index contributed by atoms with van der Waals surface area (Å²) in [5, 5.41) is 18.9. The molecule has 0 saturated carbocycles. The number of nitrogens with one attached hydrogen (secondary N) is 1. The van der Waals surface area contributed by atoms with Gasteiger partial charge in [-0.3, -0.25) is 0 Å². The van der Waals surface area contributed by atoms with Crippen molar-refractivity contribution in [1.29, 1.82) is 0 Å². The molecule has 0 saturated heterocycles. The zero-order chi connectivity index (χ0) is 25.0. The molecular weight excluding hydrogens is 464 g/mol. The minimum atomic E-state index is -0.945. The van der Waals surface area contributed by atoms with Crippen molar-refractivity contribution in [2.45, 2.75) is 91.6 Å². The molecule has 33 heavy (non-hydrogen) atoms. The van der Waals surface area contributed by atoms with Gasteiger partial charge in [0.1, 0.15) is 27.9 Å². The molecule has 9 nitrogen and oxygen atoms in total. The highest BCUT2D eigenvalue weighted by atomic mass is 32.1. The monoisotopic (exact) mass is 498 g/mol. The number of thiazole rings is 2. The van der Waals surface area contributed by atoms with E-state index in [2.05, 4.69) is 15.3 Å². The molecule has 0 spiro atoms. The van der Waals surface area contributed by atoms with Crippen molar-refractivity contribution in [3.05, 3.63) is 21.5 Å². The first-order chi connectivity index (χ1) is 15.1. The van der Waals surface area contributed by atoms with Crippen molar-refractivity contribution < 1.29 is 24.3 Å². The Hall–Kier alpha value is -2.08. The van der Waals surface area contributed by atoms with Gasteiger partial charge < -0.3 is 20.0 Å². The van der Waals surface area contributed by atoms with Crippen LogP contribution in [0.2, 0.25) is 0 Å². The molecule has 2 rings (SSSR count). The molecule has 0 radical (unpaired) electrons. The fraction of sp³-hybridized carbons (Fsp3) is 0.636. The van der Waals surface area contributed by atoms with Crippen LogP contribution in [0.4, 0.5) is 4.79 Å². The lowest BCUT2D eigenvalue weighted by molar-refractivity contribution is -0.157. The maximum Gasteiger partial charge on any atom is 0.408 e. The van der Waals surface area contributed by atoms with Crippen LogP contribution in [-0.4, -0.2) is 55.6 Å². The molecule has 2 heterocycles. The summed E-state index contributed by atoms with van der Waals surface area (Å²) in [5.74, 6) is -0.557. The molecule has 1 unspecified atom stereocenters. The average molecular weight is 499 g/mol. The number of amides is 1. The predicted octanol–water partition coefficient (Wildman–Crippen LogP) is 4.64. The van der Waals surface area contributed by atoms with Crippen molar-refractivity contribution in [2.24, 2.45) is 0 Å². The van der Waals surface area contributed by atoms with Crippen LogP contribution in [0.1, 0.15) is 66.1 Å². The first-order valence-electron chi connectivity index (χ1n) is 10.7. The third-order valence-electron chi connectivity index (χ3n) is 4.00. The molecule has 0 fully saturated rings. The molecule has 2 N–H and O–H groups in total. The Bertz CT molecular complexity index is 943. The molecule has 1 amide bonds. The van der Waals surface area contributed by atoms with Crippen LogP contribution in [0.15, 0.2) is 10.8 Å². The topological polar surface area (TPSA) is 114 Å². The van der Waals surface area contributed by atoms with Gasteiger partial charge in [0.05, 0.1) is 17.2 Å². The molecule has 0 aliphatic heterocycles. The number of rotatable bonds is 8. The fourth-order valence-electron chi connectivity index (χ4n) is 2.54. The van der Waals surface area contributed by atoms with E-state index in [1.807, 2.05) is 24.6 Å². The van der Waals surface area contributed by atoms with Gasteiger partial charge in [0.2, 0.25) is 0 Å². The van der Waals surface area contributed by atoms with Gasteiger partial charge >= 0.3 is 12.1 Å². The summed E-state index contributed by atoms with van der Waals surface area (Å²) in [4.78, 5) is 34.2. The second kappa shape index (κ2) is 10.9. The molecule has 184 valence electrons. The number of aromatic nitrogens is 2. The van der Waals surface area contributed by atoms with Crippen LogP contribution in [0.3, 0.4) is 0 Å². The van der Waals surface area contributed by atoms with E-state index < -0.39 is 29.3 Å². The summed E-state index contributed by atoms with van der Waals surface area (Å²) in [6, 6.07) is -0.956. The van der Waals surface area contributed by atoms with Gasteiger partial charge in [-0.25, -0.2) is 19.6 Å². The summed E-state index contributed by atoms with van der Waals surface area (Å²) in [5.41, 5.74) is 0.0333. The summed E-state index contributed by atoms with van der Waals surface area (Å²) in [6.07, 6.45) is -0.534. The molecule has 0 bridgehead atoms. The van der Waals surface area contributed by atoms with Crippen LogP contribution in [0.5, 0.6) is 0 Å². The fourth-order valence-corrected chi connectivity index (χ4v) is 4.21. The Morgan fingerprint density at radius 2 is 1.70 bits per heavy atom. The third-order valence-corrected chi connectivity index (χ3v) is 5.79. The number of esters is 1. The van der Waals surface area contributed by atoms with Crippen molar-refractivity contribution in [3.8, 4) is 10.7 Å². The molecule has 11 heteroatoms. The molecule has 0 aromatic carbocycles. The van der Waals surface area contributed by atoms with E-state index in [0.29, 0.717) is 17.2 Å². The zero-order valence-electron chi connectivity index (χ0n) is 20.5. The minimum absolute atomic E-state index is 0.0108. The minimum Gasteiger partial charge on any atom is -0.458 e. The number of ether oxygens (including phenoxy) is 2. The highest BCUT2D eigenvalue weighted by molar-refractivity contribution is 7.14. The quantitative estimate of drug-likeness (QED) is 0.400. The van der Waals surface area contributed by atoms with Crippen LogP contribution in [0, 0.1) is 0 Å². The Morgan fingerprint density at radius 3 is 2.27 bits per heavy atom.